The van der Waals surface area contributed by atoms with Crippen LogP contribution >= 0.6 is 0 Å². The minimum Gasteiger partial charge on any atom is -0.455 e. The van der Waals surface area contributed by atoms with Gasteiger partial charge in [-0.25, -0.2) is 9.59 Å². The van der Waals surface area contributed by atoms with E-state index < -0.39 is 105 Å². The number of rotatable bonds is 14. The highest BCUT2D eigenvalue weighted by molar-refractivity contribution is 6.02. The standard InChI is InChI=1S/C25H20N8O16/c1-11(21-17(30(40)41)7-13(28(36)37)8-18(21)31(42)43)48-24(34)23(27-16-6-4-3-5-15(16)26)25(35)49-12(2)22-19(32(44)45)9-14(29(38)39)10-20(22)33(46)47/h3-12,23,27H,26H2,1-2H3. The van der Waals surface area contributed by atoms with E-state index in [-0.39, 0.29) is 11.4 Å². The Morgan fingerprint density at radius 3 is 1.22 bits per heavy atom. The van der Waals surface area contributed by atoms with Gasteiger partial charge in [-0.05, 0) is 26.0 Å². The molecule has 0 amide bonds. The largest absolute Gasteiger partial charge is 0.455 e. The molecule has 24 nitrogen and oxygen atoms in total. The molecule has 3 N–H and O–H groups in total. The zero-order chi connectivity index (χ0) is 36.9. The third kappa shape index (κ3) is 7.88. The number of nitrogen functional groups attached to an aromatic ring is 1. The van der Waals surface area contributed by atoms with Crippen LogP contribution < -0.4 is 11.1 Å². The van der Waals surface area contributed by atoms with Crippen molar-refractivity contribution in [3.05, 3.63) is 120 Å². The molecule has 0 heterocycles. The smallest absolute Gasteiger partial charge is 0.340 e. The Morgan fingerprint density at radius 1 is 0.612 bits per heavy atom. The van der Waals surface area contributed by atoms with E-state index in [4.69, 9.17) is 15.2 Å². The molecule has 2 unspecified atom stereocenters. The van der Waals surface area contributed by atoms with Crippen LogP contribution in [0.15, 0.2) is 48.5 Å². The van der Waals surface area contributed by atoms with E-state index in [0.29, 0.717) is 24.3 Å². The topological polar surface area (TPSA) is 349 Å². The Morgan fingerprint density at radius 2 is 0.939 bits per heavy atom. The van der Waals surface area contributed by atoms with Gasteiger partial charge in [-0.15, -0.1) is 0 Å². The van der Waals surface area contributed by atoms with E-state index in [0.717, 1.165) is 13.8 Å². The lowest BCUT2D eigenvalue weighted by atomic mass is 10.0. The molecule has 3 rings (SSSR count). The summed E-state index contributed by atoms with van der Waals surface area (Å²) in [4.78, 5) is 89.2. The van der Waals surface area contributed by atoms with Crippen LogP contribution in [0.2, 0.25) is 0 Å². The fourth-order valence-electron chi connectivity index (χ4n) is 4.47. The van der Waals surface area contributed by atoms with Gasteiger partial charge in [0.2, 0.25) is 6.04 Å². The average Bonchev–Trinajstić information content (AvgIpc) is 3.02. The molecule has 2 atom stereocenters. The van der Waals surface area contributed by atoms with Gasteiger partial charge in [0, 0.05) is 0 Å². The van der Waals surface area contributed by atoms with E-state index in [1.807, 2.05) is 0 Å². The van der Waals surface area contributed by atoms with Gasteiger partial charge in [0.25, 0.3) is 34.1 Å². The molecule has 0 aliphatic heterocycles. The van der Waals surface area contributed by atoms with E-state index >= 15 is 0 Å². The number of nitro benzene ring substituents is 6. The molecule has 3 aromatic carbocycles. The first-order valence-electron chi connectivity index (χ1n) is 13.1. The van der Waals surface area contributed by atoms with Crippen LogP contribution in [0.4, 0.5) is 45.5 Å². The Kier molecular flexibility index (Phi) is 10.6. The molecule has 0 bridgehead atoms. The molecule has 0 aliphatic carbocycles. The number of hydrogen-bond donors (Lipinski definition) is 2. The number of para-hydroxylation sites is 2. The van der Waals surface area contributed by atoms with Gasteiger partial charge in [-0.2, -0.15) is 0 Å². The summed E-state index contributed by atoms with van der Waals surface area (Å²) in [7, 11) is 0. The Hall–Kier alpha value is -7.40. The van der Waals surface area contributed by atoms with Crippen LogP contribution in [-0.2, 0) is 19.1 Å². The third-order valence-corrected chi connectivity index (χ3v) is 6.58. The maximum atomic E-state index is 13.4. The van der Waals surface area contributed by atoms with Crippen LogP contribution in [0.1, 0.15) is 37.2 Å². The van der Waals surface area contributed by atoms with Crippen molar-refractivity contribution in [1.82, 2.24) is 0 Å². The summed E-state index contributed by atoms with van der Waals surface area (Å²) >= 11 is 0. The molecule has 0 radical (unpaired) electrons. The van der Waals surface area contributed by atoms with Crippen molar-refractivity contribution in [2.45, 2.75) is 32.1 Å². The predicted molar refractivity (Wildman–Crippen MR) is 160 cm³/mol. The minimum atomic E-state index is -2.33. The van der Waals surface area contributed by atoms with Gasteiger partial charge < -0.3 is 20.5 Å². The number of non-ortho nitro benzene ring substituents is 2. The number of nitrogens with zero attached hydrogens (tertiary/aromatic N) is 6. The van der Waals surface area contributed by atoms with E-state index in [9.17, 15) is 70.3 Å². The molecule has 0 saturated carbocycles. The van der Waals surface area contributed by atoms with Crippen molar-refractivity contribution in [3.63, 3.8) is 0 Å². The quantitative estimate of drug-likeness (QED) is 0.0790. The summed E-state index contributed by atoms with van der Waals surface area (Å²) in [6.07, 6.45) is -3.90. The summed E-state index contributed by atoms with van der Waals surface area (Å²) in [6.45, 7) is 1.81. The summed E-state index contributed by atoms with van der Waals surface area (Å²) in [6, 6.07) is 4.62. The lowest BCUT2D eigenvalue weighted by molar-refractivity contribution is -0.405. The number of nitrogens with one attached hydrogen (secondary N) is 1. The minimum absolute atomic E-state index is 0.0718. The van der Waals surface area contributed by atoms with Gasteiger partial charge in [-0.3, -0.25) is 60.7 Å². The highest BCUT2D eigenvalue weighted by Gasteiger charge is 2.41. The summed E-state index contributed by atoms with van der Waals surface area (Å²) in [5, 5.41) is 71.8. The van der Waals surface area contributed by atoms with Crippen LogP contribution in [0.25, 0.3) is 0 Å². The highest BCUT2D eigenvalue weighted by atomic mass is 16.7. The maximum Gasteiger partial charge on any atom is 0.340 e. The van der Waals surface area contributed by atoms with Crippen molar-refractivity contribution >= 4 is 57.4 Å². The number of carbonyl (C=O) groups is 2. The summed E-state index contributed by atoms with van der Waals surface area (Å²) < 4.78 is 10.3. The van der Waals surface area contributed by atoms with E-state index in [2.05, 4.69) is 5.32 Å². The number of benzene rings is 3. The fraction of sp³-hybridized carbons (Fsp3) is 0.200. The molecule has 0 aromatic heterocycles. The van der Waals surface area contributed by atoms with E-state index in [1.54, 1.807) is 0 Å². The van der Waals surface area contributed by atoms with Crippen molar-refractivity contribution < 1.29 is 48.6 Å². The lowest BCUT2D eigenvalue weighted by Gasteiger charge is -2.23. The van der Waals surface area contributed by atoms with Crippen molar-refractivity contribution in [2.75, 3.05) is 11.1 Å². The SMILES string of the molecule is CC(OC(=O)C(Nc1ccccc1N)C(=O)OC(C)c1c([N+](=O)[O-])cc([N+](=O)[O-])cc1[N+](=O)[O-])c1c([N+](=O)[O-])cc([N+](=O)[O-])cc1[N+](=O)[O-]. The van der Waals surface area contributed by atoms with Gasteiger partial charge in [0.05, 0.1) is 65.2 Å². The first kappa shape index (κ1) is 36.1. The van der Waals surface area contributed by atoms with Crippen molar-refractivity contribution in [2.24, 2.45) is 0 Å². The Balaban J connectivity index is 2.10. The first-order valence-corrected chi connectivity index (χ1v) is 13.1. The monoisotopic (exact) mass is 688 g/mol. The molecule has 256 valence electrons. The number of anilines is 2. The summed E-state index contributed by atoms with van der Waals surface area (Å²) in [5.41, 5.74) is -2.97. The van der Waals surface area contributed by atoms with Crippen LogP contribution in [0, 0.1) is 60.7 Å². The second kappa shape index (κ2) is 14.4. The van der Waals surface area contributed by atoms with Gasteiger partial charge in [-0.1, -0.05) is 12.1 Å². The summed E-state index contributed by atoms with van der Waals surface area (Å²) in [5.74, 6) is -3.30. The lowest BCUT2D eigenvalue weighted by Crippen LogP contribution is -2.41. The first-order chi connectivity index (χ1) is 22.8. The van der Waals surface area contributed by atoms with Crippen LogP contribution in [0.5, 0.6) is 0 Å². The third-order valence-electron chi connectivity index (χ3n) is 6.58. The molecule has 0 spiro atoms. The second-order valence-electron chi connectivity index (χ2n) is 9.66. The van der Waals surface area contributed by atoms with Crippen LogP contribution in [-0.4, -0.2) is 47.5 Å². The van der Waals surface area contributed by atoms with Crippen molar-refractivity contribution in [1.29, 1.82) is 0 Å². The van der Waals surface area contributed by atoms with Crippen molar-refractivity contribution in [3.8, 4) is 0 Å². The molecule has 0 aliphatic rings. The maximum absolute atomic E-state index is 13.4. The zero-order valence-electron chi connectivity index (χ0n) is 24.6. The Labute approximate surface area is 269 Å². The zero-order valence-corrected chi connectivity index (χ0v) is 24.6. The molecule has 24 heteroatoms. The molecule has 0 fully saturated rings. The predicted octanol–water partition coefficient (Wildman–Crippen LogP) is 4.11. The van der Waals surface area contributed by atoms with Gasteiger partial charge in [0.1, 0.15) is 23.3 Å². The Bertz CT molecular complexity index is 1750. The van der Waals surface area contributed by atoms with Crippen LogP contribution in [0.3, 0.4) is 0 Å². The molecular formula is C25H20N8O16. The fourth-order valence-corrected chi connectivity index (χ4v) is 4.47. The molecule has 3 aromatic rings. The highest BCUT2D eigenvalue weighted by Crippen LogP contribution is 2.41. The van der Waals surface area contributed by atoms with Gasteiger partial charge >= 0.3 is 11.9 Å². The normalized spacial score (nSPS) is 12.4. The molecular weight excluding hydrogens is 668 g/mol. The second-order valence-corrected chi connectivity index (χ2v) is 9.66. The number of carbonyl (C=O) groups excluding carboxylic acids is 2. The van der Waals surface area contributed by atoms with E-state index in [1.165, 1.54) is 24.3 Å². The number of esters is 2. The number of nitrogens with two attached hydrogens (primary N) is 1. The number of hydrogen-bond acceptors (Lipinski definition) is 18. The van der Waals surface area contributed by atoms with Gasteiger partial charge in [0.15, 0.2) is 0 Å². The number of ether oxygens (including phenoxy) is 2. The molecule has 0 saturated heterocycles. The average molecular weight is 688 g/mol. The number of nitro groups is 6. The molecule has 49 heavy (non-hydrogen) atoms.